The number of hydrogen-bond donors (Lipinski definition) is 1. The second kappa shape index (κ2) is 5.23. The summed E-state index contributed by atoms with van der Waals surface area (Å²) in [4.78, 5) is 0. The van der Waals surface area contributed by atoms with Crippen LogP contribution in [0.4, 0.5) is 5.69 Å². The van der Waals surface area contributed by atoms with Crippen LogP contribution in [0, 0.1) is 19.8 Å². The summed E-state index contributed by atoms with van der Waals surface area (Å²) in [5.74, 6) is 1.54. The van der Waals surface area contributed by atoms with Crippen LogP contribution in [0.5, 0.6) is 0 Å². The molecule has 2 N–H and O–H groups in total. The fourth-order valence-corrected chi connectivity index (χ4v) is 3.07. The Morgan fingerprint density at radius 1 is 1.20 bits per heavy atom. The lowest BCUT2D eigenvalue weighted by Crippen LogP contribution is -2.11. The Bertz CT molecular complexity index is 611. The zero-order chi connectivity index (χ0) is 14.1. The first-order valence-electron chi connectivity index (χ1n) is 7.28. The van der Waals surface area contributed by atoms with E-state index in [4.69, 9.17) is 5.73 Å². The highest BCUT2D eigenvalue weighted by molar-refractivity contribution is 5.67. The molecule has 0 spiro atoms. The maximum atomic E-state index is 6.03. The van der Waals surface area contributed by atoms with Crippen molar-refractivity contribution in [2.24, 2.45) is 5.92 Å². The molecule has 2 aromatic rings. The number of nitrogens with zero attached hydrogens (tertiary/aromatic N) is 4. The molecule has 1 aromatic heterocycles. The lowest BCUT2D eigenvalue weighted by molar-refractivity contribution is 0.424. The third-order valence-corrected chi connectivity index (χ3v) is 4.29. The average molecular weight is 271 g/mol. The smallest absolute Gasteiger partial charge is 0.182 e. The van der Waals surface area contributed by atoms with E-state index in [1.807, 2.05) is 17.7 Å². The van der Waals surface area contributed by atoms with Gasteiger partial charge in [0.1, 0.15) is 0 Å². The molecular formula is C15H21N5. The topological polar surface area (TPSA) is 69.6 Å². The van der Waals surface area contributed by atoms with Crippen molar-refractivity contribution in [3.05, 3.63) is 23.3 Å². The molecule has 1 heterocycles. The quantitative estimate of drug-likeness (QED) is 0.871. The van der Waals surface area contributed by atoms with Crippen LogP contribution >= 0.6 is 0 Å². The first-order valence-corrected chi connectivity index (χ1v) is 7.28. The van der Waals surface area contributed by atoms with Gasteiger partial charge in [-0.3, -0.25) is 0 Å². The van der Waals surface area contributed by atoms with Crippen molar-refractivity contribution in [3.63, 3.8) is 0 Å². The summed E-state index contributed by atoms with van der Waals surface area (Å²) >= 11 is 0. The lowest BCUT2D eigenvalue weighted by Gasteiger charge is -2.12. The average Bonchev–Trinajstić information content (AvgIpc) is 3.06. The second-order valence-electron chi connectivity index (χ2n) is 5.86. The number of nitrogen functional groups attached to an aromatic ring is 1. The number of hydrogen-bond acceptors (Lipinski definition) is 4. The SMILES string of the molecule is Cc1cc(C)c(-c2nnnn2CC2CCCC2)cc1N. The first kappa shape index (κ1) is 13.1. The van der Waals surface area contributed by atoms with Gasteiger partial charge in [-0.15, -0.1) is 5.10 Å². The summed E-state index contributed by atoms with van der Waals surface area (Å²) in [7, 11) is 0. The number of rotatable bonds is 3. The van der Waals surface area contributed by atoms with Crippen LogP contribution in [-0.4, -0.2) is 20.2 Å². The standard InChI is InChI=1S/C15H21N5/c1-10-7-11(2)14(16)8-13(10)15-17-18-19-20(15)9-12-5-3-4-6-12/h7-8,12H,3-6,9,16H2,1-2H3. The third kappa shape index (κ3) is 2.40. The minimum atomic E-state index is 0.709. The Hall–Kier alpha value is -1.91. The number of benzene rings is 1. The van der Waals surface area contributed by atoms with E-state index >= 15 is 0 Å². The fraction of sp³-hybridized carbons (Fsp3) is 0.533. The van der Waals surface area contributed by atoms with E-state index in [9.17, 15) is 0 Å². The van der Waals surface area contributed by atoms with Gasteiger partial charge in [-0.05, 0) is 60.2 Å². The molecule has 0 unspecified atom stereocenters. The van der Waals surface area contributed by atoms with E-state index < -0.39 is 0 Å². The molecule has 0 atom stereocenters. The molecule has 0 radical (unpaired) electrons. The van der Waals surface area contributed by atoms with Gasteiger partial charge in [0.2, 0.25) is 0 Å². The summed E-state index contributed by atoms with van der Waals surface area (Å²) in [6.07, 6.45) is 5.24. The van der Waals surface area contributed by atoms with Crippen molar-refractivity contribution in [3.8, 4) is 11.4 Å². The first-order chi connectivity index (χ1) is 9.65. The van der Waals surface area contributed by atoms with E-state index in [1.54, 1.807) is 0 Å². The Kier molecular flexibility index (Phi) is 3.42. The van der Waals surface area contributed by atoms with Crippen LogP contribution in [0.1, 0.15) is 36.8 Å². The molecule has 1 saturated carbocycles. The monoisotopic (exact) mass is 271 g/mol. The van der Waals surface area contributed by atoms with E-state index in [2.05, 4.69) is 28.5 Å². The van der Waals surface area contributed by atoms with Crippen LogP contribution in [0.3, 0.4) is 0 Å². The van der Waals surface area contributed by atoms with Crippen LogP contribution in [0.2, 0.25) is 0 Å². The van der Waals surface area contributed by atoms with Gasteiger partial charge in [0.25, 0.3) is 0 Å². The Labute approximate surface area is 119 Å². The van der Waals surface area contributed by atoms with Crippen molar-refractivity contribution in [2.75, 3.05) is 5.73 Å². The van der Waals surface area contributed by atoms with Crippen LogP contribution < -0.4 is 5.73 Å². The molecule has 1 aromatic carbocycles. The highest BCUT2D eigenvalue weighted by Crippen LogP contribution is 2.29. The van der Waals surface area contributed by atoms with Crippen molar-refractivity contribution < 1.29 is 0 Å². The molecule has 5 heteroatoms. The highest BCUT2D eigenvalue weighted by atomic mass is 15.5. The van der Waals surface area contributed by atoms with Gasteiger partial charge in [-0.1, -0.05) is 18.9 Å². The normalized spacial score (nSPS) is 15.9. The molecule has 0 aliphatic heterocycles. The second-order valence-corrected chi connectivity index (χ2v) is 5.86. The molecule has 0 amide bonds. The Morgan fingerprint density at radius 3 is 2.70 bits per heavy atom. The maximum absolute atomic E-state index is 6.03. The summed E-state index contributed by atoms with van der Waals surface area (Å²) in [5, 5.41) is 12.2. The molecule has 106 valence electrons. The van der Waals surface area contributed by atoms with Gasteiger partial charge in [0.15, 0.2) is 5.82 Å². The molecular weight excluding hydrogens is 250 g/mol. The predicted octanol–water partition coefficient (Wildman–Crippen LogP) is 2.73. The zero-order valence-electron chi connectivity index (χ0n) is 12.1. The molecule has 3 rings (SSSR count). The zero-order valence-corrected chi connectivity index (χ0v) is 12.1. The lowest BCUT2D eigenvalue weighted by atomic mass is 10.0. The van der Waals surface area contributed by atoms with Crippen molar-refractivity contribution in [1.82, 2.24) is 20.2 Å². The van der Waals surface area contributed by atoms with E-state index in [-0.39, 0.29) is 0 Å². The number of aromatic nitrogens is 4. The molecule has 1 fully saturated rings. The van der Waals surface area contributed by atoms with Crippen molar-refractivity contribution in [2.45, 2.75) is 46.1 Å². The van der Waals surface area contributed by atoms with Crippen LogP contribution in [0.15, 0.2) is 12.1 Å². The minimum Gasteiger partial charge on any atom is -0.398 e. The molecule has 5 nitrogen and oxygen atoms in total. The van der Waals surface area contributed by atoms with Crippen LogP contribution in [-0.2, 0) is 6.54 Å². The minimum absolute atomic E-state index is 0.709. The highest BCUT2D eigenvalue weighted by Gasteiger charge is 2.19. The van der Waals surface area contributed by atoms with Crippen molar-refractivity contribution >= 4 is 5.69 Å². The van der Waals surface area contributed by atoms with Gasteiger partial charge in [-0.2, -0.15) is 0 Å². The predicted molar refractivity (Wildman–Crippen MR) is 79.1 cm³/mol. The molecule has 1 aliphatic carbocycles. The van der Waals surface area contributed by atoms with Gasteiger partial charge in [0, 0.05) is 17.8 Å². The number of aryl methyl sites for hydroxylation is 2. The summed E-state index contributed by atoms with van der Waals surface area (Å²) < 4.78 is 1.94. The van der Waals surface area contributed by atoms with Gasteiger partial charge >= 0.3 is 0 Å². The third-order valence-electron chi connectivity index (χ3n) is 4.29. The van der Waals surface area contributed by atoms with E-state index in [0.29, 0.717) is 5.92 Å². The number of nitrogens with two attached hydrogens (primary N) is 1. The largest absolute Gasteiger partial charge is 0.398 e. The summed E-state index contributed by atoms with van der Waals surface area (Å²) in [6, 6.07) is 4.08. The van der Waals surface area contributed by atoms with Gasteiger partial charge < -0.3 is 5.73 Å². The Morgan fingerprint density at radius 2 is 1.95 bits per heavy atom. The number of tetrazole rings is 1. The molecule has 1 aliphatic rings. The van der Waals surface area contributed by atoms with E-state index in [0.717, 1.165) is 29.2 Å². The Balaban J connectivity index is 1.94. The fourth-order valence-electron chi connectivity index (χ4n) is 3.07. The van der Waals surface area contributed by atoms with Gasteiger partial charge in [0.05, 0.1) is 0 Å². The molecule has 20 heavy (non-hydrogen) atoms. The summed E-state index contributed by atoms with van der Waals surface area (Å²) in [6.45, 7) is 5.01. The van der Waals surface area contributed by atoms with Crippen LogP contribution in [0.25, 0.3) is 11.4 Å². The van der Waals surface area contributed by atoms with E-state index in [1.165, 1.54) is 31.2 Å². The number of anilines is 1. The molecule has 0 bridgehead atoms. The molecule has 0 saturated heterocycles. The summed E-state index contributed by atoms with van der Waals surface area (Å²) in [5.41, 5.74) is 10.1. The van der Waals surface area contributed by atoms with Gasteiger partial charge in [-0.25, -0.2) is 4.68 Å². The maximum Gasteiger partial charge on any atom is 0.182 e. The van der Waals surface area contributed by atoms with Crippen molar-refractivity contribution in [1.29, 1.82) is 0 Å².